The molecule has 0 unspecified atom stereocenters. The summed E-state index contributed by atoms with van der Waals surface area (Å²) in [5.41, 5.74) is 3.94. The second-order valence-electron chi connectivity index (χ2n) is 8.56. The van der Waals surface area contributed by atoms with Gasteiger partial charge in [0.25, 0.3) is 0 Å². The zero-order valence-corrected chi connectivity index (χ0v) is 21.1. The van der Waals surface area contributed by atoms with Crippen molar-refractivity contribution in [2.24, 2.45) is 0 Å². The number of hydrogen-bond acceptors (Lipinski definition) is 4. The summed E-state index contributed by atoms with van der Waals surface area (Å²) in [5.74, 6) is 0.245. The number of rotatable bonds is 9. The van der Waals surface area contributed by atoms with Gasteiger partial charge in [-0.05, 0) is 56.9 Å². The maximum Gasteiger partial charge on any atom is 0.241 e. The van der Waals surface area contributed by atoms with Gasteiger partial charge in [-0.15, -0.1) is 0 Å². The van der Waals surface area contributed by atoms with Crippen LogP contribution in [-0.2, 0) is 21.2 Å². The van der Waals surface area contributed by atoms with Gasteiger partial charge >= 0.3 is 0 Å². The number of benzene rings is 3. The van der Waals surface area contributed by atoms with E-state index in [9.17, 15) is 13.2 Å². The van der Waals surface area contributed by atoms with E-state index in [-0.39, 0.29) is 17.4 Å². The normalized spacial score (nSPS) is 13.2. The zero-order chi connectivity index (χ0) is 24.9. The summed E-state index contributed by atoms with van der Waals surface area (Å²) in [4.78, 5) is 13.6. The summed E-state index contributed by atoms with van der Waals surface area (Å²) in [5, 5.41) is 2.96. The lowest BCUT2D eigenvalue weighted by molar-refractivity contribution is -0.123. The monoisotopic (exact) mass is 480 g/mol. The molecule has 0 aliphatic carbocycles. The Hall–Kier alpha value is -3.16. The first-order valence-corrected chi connectivity index (χ1v) is 12.7. The molecule has 0 saturated carbocycles. The first-order chi connectivity index (χ1) is 16.1. The molecular formula is C27H32N2O4S. The highest BCUT2D eigenvalue weighted by molar-refractivity contribution is 7.89. The van der Waals surface area contributed by atoms with Crippen LogP contribution < -0.4 is 14.8 Å². The third kappa shape index (κ3) is 6.04. The number of carbonyl (C=O) groups is 1. The van der Waals surface area contributed by atoms with Gasteiger partial charge < -0.3 is 10.1 Å². The standard InChI is InChI=1S/C27H32N2O4S/c1-18-15-19(2)26(20(3)16-18)34(31,32)29-24(17-22-11-7-6-8-12-22)27(30)28-21(4)23-13-9-10-14-25(23)33-5/h6-16,21,24,29H,17H2,1-5H3,(H,28,30)/t21-,24+/m1/s1. The predicted molar refractivity (Wildman–Crippen MR) is 134 cm³/mol. The Morgan fingerprint density at radius 2 is 1.53 bits per heavy atom. The van der Waals surface area contributed by atoms with Crippen LogP contribution in [0.3, 0.4) is 0 Å². The molecule has 2 atom stereocenters. The van der Waals surface area contributed by atoms with Crippen LogP contribution >= 0.6 is 0 Å². The van der Waals surface area contributed by atoms with Gasteiger partial charge in [-0.2, -0.15) is 4.72 Å². The number of amides is 1. The number of hydrogen-bond donors (Lipinski definition) is 2. The first-order valence-electron chi connectivity index (χ1n) is 11.2. The summed E-state index contributed by atoms with van der Waals surface area (Å²) in [6.45, 7) is 7.31. The van der Waals surface area contributed by atoms with Crippen LogP contribution in [0.2, 0.25) is 0 Å². The minimum Gasteiger partial charge on any atom is -0.496 e. The second-order valence-corrected chi connectivity index (χ2v) is 10.2. The number of sulfonamides is 1. The third-order valence-corrected chi connectivity index (χ3v) is 7.51. The number of carbonyl (C=O) groups excluding carboxylic acids is 1. The zero-order valence-electron chi connectivity index (χ0n) is 20.3. The molecule has 6 nitrogen and oxygen atoms in total. The molecule has 34 heavy (non-hydrogen) atoms. The lowest BCUT2D eigenvalue weighted by Crippen LogP contribution is -2.48. The van der Waals surface area contributed by atoms with Gasteiger partial charge in [-0.3, -0.25) is 4.79 Å². The van der Waals surface area contributed by atoms with Crippen LogP contribution in [0.1, 0.15) is 40.8 Å². The topological polar surface area (TPSA) is 84.5 Å². The number of ether oxygens (including phenoxy) is 1. The van der Waals surface area contributed by atoms with Crippen molar-refractivity contribution >= 4 is 15.9 Å². The highest BCUT2D eigenvalue weighted by Gasteiger charge is 2.29. The minimum atomic E-state index is -3.95. The summed E-state index contributed by atoms with van der Waals surface area (Å²) < 4.78 is 35.0. The molecule has 0 heterocycles. The molecule has 7 heteroatoms. The van der Waals surface area contributed by atoms with Crippen LogP contribution in [0.15, 0.2) is 71.6 Å². The molecule has 3 rings (SSSR count). The van der Waals surface area contributed by atoms with Crippen molar-refractivity contribution in [3.8, 4) is 5.75 Å². The number of nitrogens with one attached hydrogen (secondary N) is 2. The van der Waals surface area contributed by atoms with E-state index in [2.05, 4.69) is 10.0 Å². The molecular weight excluding hydrogens is 448 g/mol. The van der Waals surface area contributed by atoms with Crippen LogP contribution in [0, 0.1) is 20.8 Å². The van der Waals surface area contributed by atoms with E-state index in [0.29, 0.717) is 16.9 Å². The Kier molecular flexibility index (Phi) is 8.12. The summed E-state index contributed by atoms with van der Waals surface area (Å²) in [7, 11) is -2.38. The molecule has 3 aromatic carbocycles. The van der Waals surface area contributed by atoms with E-state index in [4.69, 9.17) is 4.74 Å². The number of aryl methyl sites for hydroxylation is 3. The fourth-order valence-corrected chi connectivity index (χ4v) is 5.94. The lowest BCUT2D eigenvalue weighted by Gasteiger charge is -2.23. The van der Waals surface area contributed by atoms with Crippen LogP contribution in [0.25, 0.3) is 0 Å². The van der Waals surface area contributed by atoms with Crippen molar-refractivity contribution in [2.45, 2.75) is 51.1 Å². The van der Waals surface area contributed by atoms with Crippen LogP contribution in [0.4, 0.5) is 0 Å². The van der Waals surface area contributed by atoms with Gasteiger partial charge in [0.1, 0.15) is 11.8 Å². The van der Waals surface area contributed by atoms with Crippen molar-refractivity contribution in [1.29, 1.82) is 0 Å². The SMILES string of the molecule is COc1ccccc1[C@@H](C)NC(=O)[C@H](Cc1ccccc1)NS(=O)(=O)c1c(C)cc(C)cc1C. The predicted octanol–water partition coefficient (Wildman–Crippen LogP) is 4.39. The Morgan fingerprint density at radius 3 is 2.15 bits per heavy atom. The summed E-state index contributed by atoms with van der Waals surface area (Å²) >= 11 is 0. The van der Waals surface area contributed by atoms with Gasteiger partial charge in [-0.25, -0.2) is 8.42 Å². The van der Waals surface area contributed by atoms with E-state index in [1.807, 2.05) is 80.6 Å². The quantitative estimate of drug-likeness (QED) is 0.476. The third-order valence-electron chi connectivity index (χ3n) is 5.73. The molecule has 0 bridgehead atoms. The fourth-order valence-electron chi connectivity index (χ4n) is 4.29. The fraction of sp³-hybridized carbons (Fsp3) is 0.296. The van der Waals surface area contributed by atoms with Gasteiger partial charge in [0.2, 0.25) is 15.9 Å². The molecule has 2 N–H and O–H groups in total. The van der Waals surface area contributed by atoms with Gasteiger partial charge in [0, 0.05) is 5.56 Å². The van der Waals surface area contributed by atoms with E-state index in [0.717, 1.165) is 16.7 Å². The molecule has 0 saturated heterocycles. The average Bonchev–Trinajstić information content (AvgIpc) is 2.78. The molecule has 0 aliphatic rings. The Bertz CT molecular complexity index is 1230. The maximum atomic E-state index is 13.4. The van der Waals surface area contributed by atoms with Crippen molar-refractivity contribution in [3.63, 3.8) is 0 Å². The van der Waals surface area contributed by atoms with Crippen molar-refractivity contribution in [3.05, 3.63) is 94.5 Å². The summed E-state index contributed by atoms with van der Waals surface area (Å²) in [6.07, 6.45) is 0.217. The molecule has 0 fully saturated rings. The Balaban J connectivity index is 1.91. The van der Waals surface area contributed by atoms with E-state index in [1.54, 1.807) is 21.0 Å². The Labute approximate surface area is 202 Å². The minimum absolute atomic E-state index is 0.210. The van der Waals surface area contributed by atoms with Gasteiger partial charge in [0.05, 0.1) is 18.0 Å². The smallest absolute Gasteiger partial charge is 0.241 e. The van der Waals surface area contributed by atoms with Crippen molar-refractivity contribution in [1.82, 2.24) is 10.0 Å². The van der Waals surface area contributed by atoms with Crippen molar-refractivity contribution < 1.29 is 17.9 Å². The van der Waals surface area contributed by atoms with E-state index in [1.165, 1.54) is 0 Å². The summed E-state index contributed by atoms with van der Waals surface area (Å²) in [6, 6.07) is 19.1. The van der Waals surface area contributed by atoms with E-state index >= 15 is 0 Å². The van der Waals surface area contributed by atoms with Gasteiger partial charge in [-0.1, -0.05) is 66.2 Å². The van der Waals surface area contributed by atoms with Crippen molar-refractivity contribution in [2.75, 3.05) is 7.11 Å². The van der Waals surface area contributed by atoms with Crippen LogP contribution in [-0.4, -0.2) is 27.5 Å². The molecule has 0 spiro atoms. The average molecular weight is 481 g/mol. The van der Waals surface area contributed by atoms with Gasteiger partial charge in [0.15, 0.2) is 0 Å². The maximum absolute atomic E-state index is 13.4. The first kappa shape index (κ1) is 25.5. The van der Waals surface area contributed by atoms with Crippen LogP contribution in [0.5, 0.6) is 5.75 Å². The largest absolute Gasteiger partial charge is 0.496 e. The molecule has 3 aromatic rings. The Morgan fingerprint density at radius 1 is 0.941 bits per heavy atom. The molecule has 0 aliphatic heterocycles. The highest BCUT2D eigenvalue weighted by Crippen LogP contribution is 2.25. The lowest BCUT2D eigenvalue weighted by atomic mass is 10.0. The molecule has 0 radical (unpaired) electrons. The molecule has 1 amide bonds. The highest BCUT2D eigenvalue weighted by atomic mass is 32.2. The van der Waals surface area contributed by atoms with E-state index < -0.39 is 22.0 Å². The second kappa shape index (κ2) is 10.8. The number of methoxy groups -OCH3 is 1. The molecule has 0 aromatic heterocycles. The molecule has 180 valence electrons. The number of para-hydroxylation sites is 1.